The first kappa shape index (κ1) is 22.4. The van der Waals surface area contributed by atoms with Crippen molar-refractivity contribution in [2.75, 3.05) is 39.3 Å². The quantitative estimate of drug-likeness (QED) is 0.403. The molecular weight excluding hydrogens is 531 g/mol. The van der Waals surface area contributed by atoms with Crippen molar-refractivity contribution in [2.24, 2.45) is 0 Å². The predicted octanol–water partition coefficient (Wildman–Crippen LogP) is 5.70. The van der Waals surface area contributed by atoms with Gasteiger partial charge in [0.05, 0.1) is 15.6 Å². The van der Waals surface area contributed by atoms with E-state index < -0.39 is 0 Å². The molecule has 2 heterocycles. The minimum Gasteiger partial charge on any atom is -0.491 e. The maximum absolute atomic E-state index is 13.4. The van der Waals surface area contributed by atoms with Gasteiger partial charge in [0, 0.05) is 32.7 Å². The molecule has 3 aliphatic rings. The lowest BCUT2D eigenvalue weighted by molar-refractivity contribution is 0.0823. The zero-order valence-electron chi connectivity index (χ0n) is 17.2. The molecule has 4 rings (SSSR count). The summed E-state index contributed by atoms with van der Waals surface area (Å²) in [4.78, 5) is 4.63. The summed E-state index contributed by atoms with van der Waals surface area (Å²) in [6, 6.07) is 2.82. The zero-order chi connectivity index (χ0) is 21.6. The van der Waals surface area contributed by atoms with Gasteiger partial charge < -0.3 is 19.1 Å². The Kier molecular flexibility index (Phi) is 7.74. The molecule has 1 aromatic carbocycles. The molecule has 0 saturated carbocycles. The summed E-state index contributed by atoms with van der Waals surface area (Å²) in [5, 5.41) is 0. The fourth-order valence-corrected chi connectivity index (χ4v) is 5.07. The van der Waals surface area contributed by atoms with Gasteiger partial charge in [0.15, 0.2) is 12.0 Å². The molecule has 0 atom stereocenters. The molecule has 2 aliphatic heterocycles. The molecule has 1 saturated heterocycles. The van der Waals surface area contributed by atoms with Gasteiger partial charge in [0.2, 0.25) is 5.88 Å². The van der Waals surface area contributed by atoms with Crippen LogP contribution in [0.25, 0.3) is 0 Å². The number of piperazine rings is 1. The van der Waals surface area contributed by atoms with Gasteiger partial charge >= 0.3 is 0 Å². The highest BCUT2D eigenvalue weighted by molar-refractivity contribution is 9.11. The van der Waals surface area contributed by atoms with Crippen LogP contribution < -0.4 is 4.74 Å². The van der Waals surface area contributed by atoms with Crippen molar-refractivity contribution in [1.29, 1.82) is 0 Å². The lowest BCUT2D eigenvalue weighted by Crippen LogP contribution is -2.46. The lowest BCUT2D eigenvalue weighted by Gasteiger charge is -2.36. The molecule has 31 heavy (non-hydrogen) atoms. The number of halogens is 3. The summed E-state index contributed by atoms with van der Waals surface area (Å²) < 4.78 is 32.1. The average molecular weight is 556 g/mol. The van der Waals surface area contributed by atoms with Crippen LogP contribution in [0.5, 0.6) is 5.75 Å². The Morgan fingerprint density at radius 1 is 1.03 bits per heavy atom. The maximum atomic E-state index is 13.4. The number of hydrogen-bond donors (Lipinski definition) is 0. The Bertz CT molecular complexity index is 898. The lowest BCUT2D eigenvalue weighted by atomic mass is 10.0. The van der Waals surface area contributed by atoms with Crippen LogP contribution in [-0.2, 0) is 9.47 Å². The number of rotatable bonds is 7. The highest BCUT2D eigenvalue weighted by atomic mass is 79.9. The minimum atomic E-state index is -0.304. The van der Waals surface area contributed by atoms with Crippen molar-refractivity contribution in [1.82, 2.24) is 9.80 Å². The molecule has 0 aromatic heterocycles. The molecule has 0 spiro atoms. The van der Waals surface area contributed by atoms with E-state index >= 15 is 0 Å². The molecule has 8 heteroatoms. The van der Waals surface area contributed by atoms with Crippen molar-refractivity contribution in [3.63, 3.8) is 0 Å². The molecule has 0 amide bonds. The van der Waals surface area contributed by atoms with E-state index in [9.17, 15) is 4.39 Å². The van der Waals surface area contributed by atoms with Crippen LogP contribution in [-0.4, -0.2) is 49.1 Å². The van der Waals surface area contributed by atoms with Gasteiger partial charge in [-0.15, -0.1) is 0 Å². The summed E-state index contributed by atoms with van der Waals surface area (Å²) in [5.74, 6) is 1.90. The van der Waals surface area contributed by atoms with E-state index in [-0.39, 0.29) is 5.82 Å². The topological polar surface area (TPSA) is 34.2 Å². The van der Waals surface area contributed by atoms with E-state index in [1.165, 1.54) is 17.7 Å². The number of allylic oxidation sites excluding steroid dienone is 4. The Hall–Kier alpha value is -1.77. The molecule has 1 aromatic rings. The van der Waals surface area contributed by atoms with Crippen molar-refractivity contribution in [3.8, 4) is 5.75 Å². The van der Waals surface area contributed by atoms with Gasteiger partial charge in [-0.05, 0) is 68.8 Å². The SMILES string of the molecule is Fc1cc(Br)c(OCCCN2CCN(C3=COC(C4=CC=CCC4)=CO3)CC2)c(Br)c1. The normalized spacial score (nSPS) is 19.2. The van der Waals surface area contributed by atoms with Crippen LogP contribution >= 0.6 is 31.9 Å². The van der Waals surface area contributed by atoms with Crippen LogP contribution in [0, 0.1) is 5.82 Å². The second kappa shape index (κ2) is 10.7. The van der Waals surface area contributed by atoms with Gasteiger partial charge in [-0.1, -0.05) is 18.2 Å². The highest BCUT2D eigenvalue weighted by Crippen LogP contribution is 2.34. The largest absolute Gasteiger partial charge is 0.491 e. The first-order chi connectivity index (χ1) is 15.1. The van der Waals surface area contributed by atoms with Crippen LogP contribution in [0.2, 0.25) is 0 Å². The molecule has 1 fully saturated rings. The van der Waals surface area contributed by atoms with Crippen LogP contribution in [0.15, 0.2) is 69.0 Å². The second-order valence-corrected chi connectivity index (χ2v) is 9.27. The predicted molar refractivity (Wildman–Crippen MR) is 125 cm³/mol. The van der Waals surface area contributed by atoms with Gasteiger partial charge in [-0.25, -0.2) is 4.39 Å². The third-order valence-corrected chi connectivity index (χ3v) is 6.59. The second-order valence-electron chi connectivity index (χ2n) is 7.56. The number of nitrogens with zero attached hydrogens (tertiary/aromatic N) is 2. The monoisotopic (exact) mass is 554 g/mol. The fourth-order valence-electron chi connectivity index (χ4n) is 3.71. The zero-order valence-corrected chi connectivity index (χ0v) is 20.3. The van der Waals surface area contributed by atoms with Gasteiger partial charge in [-0.2, -0.15) is 0 Å². The summed E-state index contributed by atoms with van der Waals surface area (Å²) in [7, 11) is 0. The molecule has 0 unspecified atom stereocenters. The minimum absolute atomic E-state index is 0.304. The highest BCUT2D eigenvalue weighted by Gasteiger charge is 2.22. The van der Waals surface area contributed by atoms with E-state index in [2.05, 4.69) is 59.9 Å². The molecule has 0 radical (unpaired) electrons. The van der Waals surface area contributed by atoms with Crippen molar-refractivity contribution < 1.29 is 18.6 Å². The van der Waals surface area contributed by atoms with Gasteiger partial charge in [0.1, 0.15) is 17.8 Å². The molecule has 0 N–H and O–H groups in total. The van der Waals surface area contributed by atoms with Crippen molar-refractivity contribution in [2.45, 2.75) is 19.3 Å². The first-order valence-corrected chi connectivity index (χ1v) is 12.0. The van der Waals surface area contributed by atoms with Crippen LogP contribution in [0.4, 0.5) is 4.39 Å². The Balaban J connectivity index is 1.17. The first-order valence-electron chi connectivity index (χ1n) is 10.4. The van der Waals surface area contributed by atoms with E-state index in [1.54, 1.807) is 12.5 Å². The third-order valence-electron chi connectivity index (χ3n) is 5.42. The summed E-state index contributed by atoms with van der Waals surface area (Å²) in [5.41, 5.74) is 1.17. The average Bonchev–Trinajstić information content (AvgIpc) is 2.79. The molecule has 1 aliphatic carbocycles. The number of hydrogen-bond acceptors (Lipinski definition) is 5. The maximum Gasteiger partial charge on any atom is 0.231 e. The summed E-state index contributed by atoms with van der Waals surface area (Å²) >= 11 is 6.70. The standard InChI is InChI=1S/C23H25Br2FN2O3/c24-19-13-18(26)14-20(25)23(19)29-12-4-7-27-8-10-28(11-9-27)22-16-30-21(15-31-22)17-5-2-1-3-6-17/h1-2,5,13-16H,3-4,6-12H2. The van der Waals surface area contributed by atoms with Gasteiger partial charge in [-0.3, -0.25) is 4.90 Å². The number of benzene rings is 1. The van der Waals surface area contributed by atoms with E-state index in [0.29, 0.717) is 21.3 Å². The molecular formula is C23H25Br2FN2O3. The molecule has 166 valence electrons. The Labute approximate surface area is 199 Å². The van der Waals surface area contributed by atoms with Gasteiger partial charge in [0.25, 0.3) is 0 Å². The number of ether oxygens (including phenoxy) is 3. The molecule has 0 bridgehead atoms. The summed E-state index contributed by atoms with van der Waals surface area (Å²) in [6.07, 6.45) is 12.6. The smallest absolute Gasteiger partial charge is 0.231 e. The Morgan fingerprint density at radius 2 is 1.81 bits per heavy atom. The van der Waals surface area contributed by atoms with E-state index in [4.69, 9.17) is 14.2 Å². The fraction of sp³-hybridized carbons (Fsp3) is 0.391. The third kappa shape index (κ3) is 5.93. The van der Waals surface area contributed by atoms with Crippen molar-refractivity contribution in [3.05, 3.63) is 74.9 Å². The van der Waals surface area contributed by atoms with E-state index in [1.807, 2.05) is 0 Å². The summed E-state index contributed by atoms with van der Waals surface area (Å²) in [6.45, 7) is 5.21. The van der Waals surface area contributed by atoms with Crippen LogP contribution in [0.1, 0.15) is 19.3 Å². The van der Waals surface area contributed by atoms with Crippen LogP contribution in [0.3, 0.4) is 0 Å². The molecule has 5 nitrogen and oxygen atoms in total. The Morgan fingerprint density at radius 3 is 2.45 bits per heavy atom. The van der Waals surface area contributed by atoms with E-state index in [0.717, 1.165) is 63.6 Å². The van der Waals surface area contributed by atoms with Crippen molar-refractivity contribution >= 4 is 31.9 Å².